The summed E-state index contributed by atoms with van der Waals surface area (Å²) < 4.78 is 7.51. The van der Waals surface area contributed by atoms with Gasteiger partial charge < -0.3 is 20.1 Å². The van der Waals surface area contributed by atoms with Gasteiger partial charge >= 0.3 is 6.09 Å². The van der Waals surface area contributed by atoms with Crippen molar-refractivity contribution in [2.24, 2.45) is 41.5 Å². The van der Waals surface area contributed by atoms with E-state index in [2.05, 4.69) is 18.9 Å². The van der Waals surface area contributed by atoms with E-state index in [0.29, 0.717) is 17.8 Å². The topological polar surface area (TPSA) is 125 Å². The molecule has 1 aromatic heterocycles. The molecule has 0 aromatic carbocycles. The Morgan fingerprint density at radius 1 is 1.33 bits per heavy atom. The first kappa shape index (κ1) is 25.2. The zero-order valence-electron chi connectivity index (χ0n) is 22.0. The zero-order chi connectivity index (χ0) is 26.5. The third-order valence-corrected chi connectivity index (χ3v) is 9.83. The van der Waals surface area contributed by atoms with Gasteiger partial charge in [0.1, 0.15) is 6.10 Å². The van der Waals surface area contributed by atoms with Gasteiger partial charge in [-0.2, -0.15) is 5.10 Å². The van der Waals surface area contributed by atoms with Crippen LogP contribution in [0.25, 0.3) is 0 Å². The van der Waals surface area contributed by atoms with Gasteiger partial charge in [-0.05, 0) is 54.6 Å². The number of anilines is 1. The fourth-order valence-electron chi connectivity index (χ4n) is 7.57. The molecule has 1 heterocycles. The van der Waals surface area contributed by atoms with E-state index in [0.717, 1.165) is 5.69 Å². The summed E-state index contributed by atoms with van der Waals surface area (Å²) in [4.78, 5) is 28.9. The van der Waals surface area contributed by atoms with E-state index in [-0.39, 0.29) is 34.5 Å². The molecule has 4 aliphatic rings. The molecule has 36 heavy (non-hydrogen) atoms. The summed E-state index contributed by atoms with van der Waals surface area (Å²) in [6.07, 6.45) is 0.456. The molecule has 4 aliphatic carbocycles. The summed E-state index contributed by atoms with van der Waals surface area (Å²) >= 11 is 0. The van der Waals surface area contributed by atoms with Crippen molar-refractivity contribution in [2.75, 3.05) is 18.6 Å². The number of ketones is 1. The molecule has 2 unspecified atom stereocenters. The van der Waals surface area contributed by atoms with Crippen molar-refractivity contribution in [3.8, 4) is 0 Å². The average molecular weight is 500 g/mol. The summed E-state index contributed by atoms with van der Waals surface area (Å²) in [5.74, 6) is -0.310. The predicted octanol–water partition coefficient (Wildman–Crippen LogP) is 2.14. The van der Waals surface area contributed by atoms with E-state index in [9.17, 15) is 24.9 Å². The van der Waals surface area contributed by atoms with Crippen LogP contribution in [0.1, 0.15) is 39.8 Å². The first-order chi connectivity index (χ1) is 16.7. The summed E-state index contributed by atoms with van der Waals surface area (Å²) in [7, 11) is 3.28. The van der Waals surface area contributed by atoms with Gasteiger partial charge in [0.05, 0.1) is 12.0 Å². The average Bonchev–Trinajstić information content (AvgIpc) is 3.10. The highest BCUT2D eigenvalue weighted by Gasteiger charge is 2.76. The number of aromatic nitrogens is 2. The zero-order valence-corrected chi connectivity index (χ0v) is 22.0. The van der Waals surface area contributed by atoms with Crippen molar-refractivity contribution < 1.29 is 29.6 Å². The quantitative estimate of drug-likeness (QED) is 0.544. The second-order valence-corrected chi connectivity index (χ2v) is 12.0. The molecule has 1 amide bonds. The number of ether oxygens (including phenoxy) is 1. The second kappa shape index (κ2) is 7.76. The molecule has 0 radical (unpaired) electrons. The molecule has 5 rings (SSSR count). The van der Waals surface area contributed by atoms with Crippen LogP contribution < -0.4 is 4.90 Å². The normalized spacial score (nSPS) is 40.3. The number of hydrogen-bond acceptors (Lipinski definition) is 7. The van der Waals surface area contributed by atoms with E-state index in [1.165, 1.54) is 11.9 Å². The Kier molecular flexibility index (Phi) is 5.42. The highest BCUT2D eigenvalue weighted by molar-refractivity contribution is 5.95. The van der Waals surface area contributed by atoms with Crippen LogP contribution in [0.3, 0.4) is 0 Å². The summed E-state index contributed by atoms with van der Waals surface area (Å²) in [5, 5.41) is 38.5. The maximum Gasteiger partial charge on any atom is 0.415 e. The third kappa shape index (κ3) is 2.96. The smallest absolute Gasteiger partial charge is 0.415 e. The van der Waals surface area contributed by atoms with E-state index >= 15 is 0 Å². The minimum Gasteiger partial charge on any atom is -0.438 e. The van der Waals surface area contributed by atoms with Gasteiger partial charge in [-0.15, -0.1) is 0 Å². The molecular formula is C27H37N3O6. The van der Waals surface area contributed by atoms with E-state index in [1.807, 2.05) is 13.8 Å². The molecule has 0 saturated heterocycles. The maximum atomic E-state index is 14.4. The monoisotopic (exact) mass is 499 g/mol. The summed E-state index contributed by atoms with van der Waals surface area (Å²) in [6.45, 7) is 9.29. The van der Waals surface area contributed by atoms with E-state index in [4.69, 9.17) is 4.74 Å². The second-order valence-electron chi connectivity index (χ2n) is 12.0. The predicted molar refractivity (Wildman–Crippen MR) is 132 cm³/mol. The Morgan fingerprint density at radius 2 is 2.00 bits per heavy atom. The number of aliphatic hydroxyl groups excluding tert-OH is 2. The largest absolute Gasteiger partial charge is 0.438 e. The van der Waals surface area contributed by atoms with Gasteiger partial charge in [-0.1, -0.05) is 32.9 Å². The molecule has 1 spiro atoms. The molecule has 2 bridgehead atoms. The number of fused-ring (bicyclic) bond motifs is 3. The third-order valence-electron chi connectivity index (χ3n) is 9.83. The Morgan fingerprint density at radius 3 is 2.58 bits per heavy atom. The van der Waals surface area contributed by atoms with Gasteiger partial charge in [0.25, 0.3) is 0 Å². The van der Waals surface area contributed by atoms with Crippen LogP contribution in [0.2, 0.25) is 0 Å². The van der Waals surface area contributed by atoms with Crippen molar-refractivity contribution in [1.29, 1.82) is 0 Å². The van der Waals surface area contributed by atoms with Gasteiger partial charge in [0.2, 0.25) is 0 Å². The van der Waals surface area contributed by atoms with Crippen LogP contribution >= 0.6 is 0 Å². The number of aryl methyl sites for hydroxylation is 2. The molecule has 2 fully saturated rings. The molecule has 2 saturated carbocycles. The lowest BCUT2D eigenvalue weighted by Gasteiger charge is -2.48. The molecule has 196 valence electrons. The van der Waals surface area contributed by atoms with Gasteiger partial charge in [-0.3, -0.25) is 14.4 Å². The number of aliphatic hydroxyl groups is 3. The Hall–Kier alpha value is -2.49. The highest BCUT2D eigenvalue weighted by Crippen LogP contribution is 2.71. The lowest BCUT2D eigenvalue weighted by atomic mass is 9.59. The molecule has 9 nitrogen and oxygen atoms in total. The lowest BCUT2D eigenvalue weighted by Crippen LogP contribution is -2.66. The van der Waals surface area contributed by atoms with E-state index in [1.54, 1.807) is 36.9 Å². The number of rotatable bonds is 3. The van der Waals surface area contributed by atoms with Crippen molar-refractivity contribution in [2.45, 2.75) is 58.8 Å². The standard InChI is InChI=1S/C27H37N3O6/c1-13-11-26-14(2)8-18-20(25(18,4)5)17(22(26)33)10-16(12-31)21(32)27(26,35)23(13)36-24(34)29(6)19-9-15(3)30(7)28-19/h9-11,14,17-18,20-21,23,31-32,35H,8,12H2,1-7H3/t14?,17-,18+,20-,21+,23-,26?,27-/m0/s1. The lowest BCUT2D eigenvalue weighted by molar-refractivity contribution is -0.189. The Bertz CT molecular complexity index is 1180. The Labute approximate surface area is 211 Å². The first-order valence-corrected chi connectivity index (χ1v) is 12.6. The van der Waals surface area contributed by atoms with Crippen LogP contribution in [0, 0.1) is 41.4 Å². The van der Waals surface area contributed by atoms with E-state index < -0.39 is 41.8 Å². The number of allylic oxidation sites excluding steroid dienone is 1. The van der Waals surface area contributed by atoms with Gasteiger partial charge in [0.15, 0.2) is 23.3 Å². The molecule has 8 atom stereocenters. The molecule has 0 aliphatic heterocycles. The Balaban J connectivity index is 1.58. The summed E-state index contributed by atoms with van der Waals surface area (Å²) in [5.41, 5.74) is -2.12. The van der Waals surface area contributed by atoms with Crippen LogP contribution in [0.4, 0.5) is 10.6 Å². The molecule has 3 N–H and O–H groups in total. The van der Waals surface area contributed by atoms with Crippen molar-refractivity contribution in [3.63, 3.8) is 0 Å². The number of nitrogens with zero attached hydrogens (tertiary/aromatic N) is 3. The first-order valence-electron chi connectivity index (χ1n) is 12.6. The fourth-order valence-corrected chi connectivity index (χ4v) is 7.57. The number of hydrogen-bond donors (Lipinski definition) is 3. The molecular weight excluding hydrogens is 462 g/mol. The van der Waals surface area contributed by atoms with Gasteiger partial charge in [0, 0.05) is 31.8 Å². The van der Waals surface area contributed by atoms with Crippen molar-refractivity contribution in [3.05, 3.63) is 35.1 Å². The fraction of sp³-hybridized carbons (Fsp3) is 0.667. The van der Waals surface area contributed by atoms with Crippen LogP contribution in [-0.2, 0) is 16.6 Å². The van der Waals surface area contributed by atoms with Crippen LogP contribution in [0.15, 0.2) is 29.4 Å². The minimum absolute atomic E-state index is 0.0482. The number of amides is 1. The number of carbonyl (C=O) groups excluding carboxylic acids is 2. The SMILES string of the molecule is CC1=CC23C(=O)[C@@H](C=C(CO)[C@@H](O)[C@]2(O)[C@H]1OC(=O)N(C)c1cc(C)n(C)n1)[C@H]1[C@@H](CC3C)C1(C)C. The number of Topliss-reactive ketones (excluding diaryl/α,β-unsaturated/α-hetero) is 1. The van der Waals surface area contributed by atoms with Crippen LogP contribution in [-0.4, -0.2) is 68.4 Å². The minimum atomic E-state index is -2.16. The summed E-state index contributed by atoms with van der Waals surface area (Å²) in [6, 6.07) is 1.73. The van der Waals surface area contributed by atoms with Crippen molar-refractivity contribution >= 4 is 17.7 Å². The van der Waals surface area contributed by atoms with Gasteiger partial charge in [-0.25, -0.2) is 4.79 Å². The number of carbonyl (C=O) groups is 2. The molecule has 9 heteroatoms. The highest BCUT2D eigenvalue weighted by atomic mass is 16.6. The molecule has 1 aromatic rings. The van der Waals surface area contributed by atoms with Crippen molar-refractivity contribution in [1.82, 2.24) is 9.78 Å². The van der Waals surface area contributed by atoms with Crippen LogP contribution in [0.5, 0.6) is 0 Å². The maximum absolute atomic E-state index is 14.4.